The van der Waals surface area contributed by atoms with Crippen molar-refractivity contribution in [1.29, 1.82) is 0 Å². The van der Waals surface area contributed by atoms with Crippen LogP contribution in [0.4, 0.5) is 4.39 Å². The molecule has 3 rings (SSSR count). The molecule has 0 spiro atoms. The summed E-state index contributed by atoms with van der Waals surface area (Å²) in [5.41, 5.74) is 5.17. The SMILES string of the molecule is Cc1ccc(-c2cnn(-c3ccc(F)cc3C)c2)cc1. The highest BCUT2D eigenvalue weighted by Crippen LogP contribution is 2.22. The predicted molar refractivity (Wildman–Crippen MR) is 78.4 cm³/mol. The molecular weight excluding hydrogens is 251 g/mol. The minimum absolute atomic E-state index is 0.225. The zero-order valence-electron chi connectivity index (χ0n) is 11.5. The summed E-state index contributed by atoms with van der Waals surface area (Å²) in [7, 11) is 0. The van der Waals surface area contributed by atoms with Crippen LogP contribution in [0.2, 0.25) is 0 Å². The Kier molecular flexibility index (Phi) is 3.11. The lowest BCUT2D eigenvalue weighted by atomic mass is 10.1. The molecule has 0 atom stereocenters. The number of hydrogen-bond donors (Lipinski definition) is 0. The Bertz CT molecular complexity index is 742. The average Bonchev–Trinajstić information content (AvgIpc) is 2.89. The fourth-order valence-electron chi connectivity index (χ4n) is 2.23. The van der Waals surface area contributed by atoms with E-state index in [1.807, 2.05) is 19.3 Å². The number of benzene rings is 2. The van der Waals surface area contributed by atoms with Crippen molar-refractivity contribution in [2.75, 3.05) is 0 Å². The van der Waals surface area contributed by atoms with Gasteiger partial charge >= 0.3 is 0 Å². The van der Waals surface area contributed by atoms with Gasteiger partial charge in [0.2, 0.25) is 0 Å². The van der Waals surface area contributed by atoms with Gasteiger partial charge in [-0.2, -0.15) is 5.10 Å². The van der Waals surface area contributed by atoms with Crippen LogP contribution >= 0.6 is 0 Å². The van der Waals surface area contributed by atoms with E-state index in [2.05, 4.69) is 36.3 Å². The molecule has 0 aliphatic rings. The van der Waals surface area contributed by atoms with Gasteiger partial charge in [-0.05, 0) is 43.2 Å². The van der Waals surface area contributed by atoms with Gasteiger partial charge in [-0.15, -0.1) is 0 Å². The Balaban J connectivity index is 1.99. The van der Waals surface area contributed by atoms with Gasteiger partial charge in [0.15, 0.2) is 0 Å². The summed E-state index contributed by atoms with van der Waals surface area (Å²) >= 11 is 0. The topological polar surface area (TPSA) is 17.8 Å². The Morgan fingerprint density at radius 1 is 0.950 bits per heavy atom. The van der Waals surface area contributed by atoms with Crippen molar-refractivity contribution in [3.63, 3.8) is 0 Å². The summed E-state index contributed by atoms with van der Waals surface area (Å²) in [6, 6.07) is 13.0. The quantitative estimate of drug-likeness (QED) is 0.676. The first-order valence-corrected chi connectivity index (χ1v) is 6.52. The molecule has 0 aliphatic heterocycles. The van der Waals surface area contributed by atoms with Crippen LogP contribution in [0.25, 0.3) is 16.8 Å². The number of hydrogen-bond acceptors (Lipinski definition) is 1. The smallest absolute Gasteiger partial charge is 0.123 e. The van der Waals surface area contributed by atoms with E-state index in [1.54, 1.807) is 10.7 Å². The normalized spacial score (nSPS) is 10.8. The number of rotatable bonds is 2. The third-order valence-corrected chi connectivity index (χ3v) is 3.37. The summed E-state index contributed by atoms with van der Waals surface area (Å²) in [5.74, 6) is -0.225. The van der Waals surface area contributed by atoms with Crippen molar-refractivity contribution in [1.82, 2.24) is 9.78 Å². The average molecular weight is 266 g/mol. The lowest BCUT2D eigenvalue weighted by Crippen LogP contribution is -1.97. The molecule has 100 valence electrons. The van der Waals surface area contributed by atoms with E-state index in [1.165, 1.54) is 17.7 Å². The molecule has 1 heterocycles. The van der Waals surface area contributed by atoms with Crippen molar-refractivity contribution in [2.45, 2.75) is 13.8 Å². The second kappa shape index (κ2) is 4.93. The summed E-state index contributed by atoms with van der Waals surface area (Å²) in [4.78, 5) is 0. The summed E-state index contributed by atoms with van der Waals surface area (Å²) < 4.78 is 14.9. The monoisotopic (exact) mass is 266 g/mol. The first-order valence-electron chi connectivity index (χ1n) is 6.52. The first kappa shape index (κ1) is 12.6. The molecule has 0 bridgehead atoms. The highest BCUT2D eigenvalue weighted by molar-refractivity contribution is 5.62. The zero-order chi connectivity index (χ0) is 14.1. The van der Waals surface area contributed by atoms with E-state index >= 15 is 0 Å². The summed E-state index contributed by atoms with van der Waals surface area (Å²) in [6.45, 7) is 3.95. The van der Waals surface area contributed by atoms with Crippen molar-refractivity contribution >= 4 is 0 Å². The molecule has 0 aliphatic carbocycles. The molecule has 3 heteroatoms. The van der Waals surface area contributed by atoms with Crippen LogP contribution in [-0.4, -0.2) is 9.78 Å². The molecular formula is C17H15FN2. The molecule has 0 fully saturated rings. The molecule has 20 heavy (non-hydrogen) atoms. The van der Waals surface area contributed by atoms with Crippen LogP contribution in [0.5, 0.6) is 0 Å². The molecule has 2 aromatic carbocycles. The van der Waals surface area contributed by atoms with Crippen molar-refractivity contribution in [3.05, 3.63) is 71.8 Å². The first-order chi connectivity index (χ1) is 9.63. The maximum atomic E-state index is 13.1. The molecule has 1 aromatic heterocycles. The Morgan fingerprint density at radius 2 is 1.70 bits per heavy atom. The fourth-order valence-corrected chi connectivity index (χ4v) is 2.23. The van der Waals surface area contributed by atoms with Crippen LogP contribution in [0.1, 0.15) is 11.1 Å². The molecule has 2 nitrogen and oxygen atoms in total. The van der Waals surface area contributed by atoms with Crippen LogP contribution in [0.15, 0.2) is 54.9 Å². The van der Waals surface area contributed by atoms with Gasteiger partial charge in [0.1, 0.15) is 5.82 Å². The Labute approximate surface area is 117 Å². The maximum Gasteiger partial charge on any atom is 0.123 e. The molecule has 0 saturated carbocycles. The van der Waals surface area contributed by atoms with E-state index in [4.69, 9.17) is 0 Å². The molecule has 0 amide bonds. The van der Waals surface area contributed by atoms with Gasteiger partial charge in [0.25, 0.3) is 0 Å². The number of nitrogens with zero attached hydrogens (tertiary/aromatic N) is 2. The lowest BCUT2D eigenvalue weighted by Gasteiger charge is -2.05. The van der Waals surface area contributed by atoms with Crippen molar-refractivity contribution < 1.29 is 4.39 Å². The van der Waals surface area contributed by atoms with E-state index in [0.29, 0.717) is 0 Å². The van der Waals surface area contributed by atoms with E-state index in [9.17, 15) is 4.39 Å². The van der Waals surface area contributed by atoms with Crippen molar-refractivity contribution in [2.24, 2.45) is 0 Å². The molecule has 0 radical (unpaired) electrons. The van der Waals surface area contributed by atoms with E-state index in [-0.39, 0.29) is 5.82 Å². The largest absolute Gasteiger partial charge is 0.240 e. The zero-order valence-corrected chi connectivity index (χ0v) is 11.5. The van der Waals surface area contributed by atoms with Gasteiger partial charge in [-0.3, -0.25) is 0 Å². The van der Waals surface area contributed by atoms with Crippen LogP contribution in [-0.2, 0) is 0 Å². The van der Waals surface area contributed by atoms with Crippen LogP contribution < -0.4 is 0 Å². The second-order valence-electron chi connectivity index (χ2n) is 4.97. The van der Waals surface area contributed by atoms with Crippen molar-refractivity contribution in [3.8, 4) is 16.8 Å². The second-order valence-corrected chi connectivity index (χ2v) is 4.97. The van der Waals surface area contributed by atoms with Crippen LogP contribution in [0.3, 0.4) is 0 Å². The third kappa shape index (κ3) is 2.35. The highest BCUT2D eigenvalue weighted by atomic mass is 19.1. The molecule has 3 aromatic rings. The fraction of sp³-hybridized carbons (Fsp3) is 0.118. The number of aromatic nitrogens is 2. The van der Waals surface area contributed by atoms with Gasteiger partial charge in [0.05, 0.1) is 11.9 Å². The highest BCUT2D eigenvalue weighted by Gasteiger charge is 2.06. The molecule has 0 unspecified atom stereocenters. The van der Waals surface area contributed by atoms with Gasteiger partial charge in [-0.25, -0.2) is 9.07 Å². The minimum Gasteiger partial charge on any atom is -0.240 e. The Morgan fingerprint density at radius 3 is 2.40 bits per heavy atom. The number of halogens is 1. The maximum absolute atomic E-state index is 13.1. The van der Waals surface area contributed by atoms with Gasteiger partial charge in [0, 0.05) is 11.8 Å². The lowest BCUT2D eigenvalue weighted by molar-refractivity contribution is 0.625. The van der Waals surface area contributed by atoms with E-state index < -0.39 is 0 Å². The standard InChI is InChI=1S/C17H15FN2/c1-12-3-5-14(6-4-12)15-10-19-20(11-15)17-8-7-16(18)9-13(17)2/h3-11H,1-2H3. The predicted octanol–water partition coefficient (Wildman–Crippen LogP) is 4.30. The summed E-state index contributed by atoms with van der Waals surface area (Å²) in [5, 5.41) is 4.37. The Hall–Kier alpha value is -2.42. The van der Waals surface area contributed by atoms with Crippen LogP contribution in [0, 0.1) is 19.7 Å². The minimum atomic E-state index is -0.225. The third-order valence-electron chi connectivity index (χ3n) is 3.37. The van der Waals surface area contributed by atoms with E-state index in [0.717, 1.165) is 22.4 Å². The van der Waals surface area contributed by atoms with Gasteiger partial charge < -0.3 is 0 Å². The molecule has 0 saturated heterocycles. The molecule has 0 N–H and O–H groups in total. The summed E-state index contributed by atoms with van der Waals surface area (Å²) in [6.07, 6.45) is 3.79. The van der Waals surface area contributed by atoms with Gasteiger partial charge in [-0.1, -0.05) is 29.8 Å². The number of aryl methyl sites for hydroxylation is 2.